The van der Waals surface area contributed by atoms with Gasteiger partial charge < -0.3 is 15.5 Å². The second-order valence-electron chi connectivity index (χ2n) is 8.70. The third-order valence-electron chi connectivity index (χ3n) is 6.86. The molecule has 0 radical (unpaired) electrons. The zero-order valence-corrected chi connectivity index (χ0v) is 21.0. The Hall–Kier alpha value is -0.340. The molecule has 2 atom stereocenters. The van der Waals surface area contributed by atoms with E-state index in [4.69, 9.17) is 4.99 Å². The van der Waals surface area contributed by atoms with Gasteiger partial charge in [0.1, 0.15) is 0 Å². The van der Waals surface area contributed by atoms with Gasteiger partial charge in [-0.05, 0) is 70.2 Å². The molecule has 1 aromatic carbocycles. The van der Waals surface area contributed by atoms with E-state index >= 15 is 0 Å². The highest BCUT2D eigenvalue weighted by atomic mass is 127. The largest absolute Gasteiger partial charge is 0.357 e. The van der Waals surface area contributed by atoms with Crippen LogP contribution in [0.15, 0.2) is 33.7 Å². The average Bonchev–Trinajstić information content (AvgIpc) is 3.42. The zero-order valence-electron chi connectivity index (χ0n) is 17.1. The normalized spacial score (nSPS) is 29.0. The smallest absolute Gasteiger partial charge is 0.191 e. The molecule has 0 amide bonds. The molecule has 1 aliphatic carbocycles. The second kappa shape index (κ2) is 9.65. The van der Waals surface area contributed by atoms with Crippen molar-refractivity contribution in [1.29, 1.82) is 0 Å². The number of nitrogens with one attached hydrogen (secondary N) is 2. The summed E-state index contributed by atoms with van der Waals surface area (Å²) in [5, 5.41) is 7.26. The Morgan fingerprint density at radius 3 is 2.57 bits per heavy atom. The van der Waals surface area contributed by atoms with Crippen LogP contribution in [0.4, 0.5) is 0 Å². The van der Waals surface area contributed by atoms with Crippen molar-refractivity contribution in [3.8, 4) is 0 Å². The number of halogens is 2. The highest BCUT2D eigenvalue weighted by molar-refractivity contribution is 14.0. The van der Waals surface area contributed by atoms with Crippen LogP contribution in [0.3, 0.4) is 0 Å². The van der Waals surface area contributed by atoms with Crippen LogP contribution in [0.2, 0.25) is 0 Å². The fraction of sp³-hybridized carbons (Fsp3) is 0.682. The summed E-state index contributed by atoms with van der Waals surface area (Å²) in [5.41, 5.74) is 1.67. The summed E-state index contributed by atoms with van der Waals surface area (Å²) < 4.78 is 1.16. The van der Waals surface area contributed by atoms with Gasteiger partial charge in [-0.2, -0.15) is 0 Å². The molecular formula is C22H34BrIN4. The van der Waals surface area contributed by atoms with Gasteiger partial charge in [0, 0.05) is 34.6 Å². The van der Waals surface area contributed by atoms with Crippen molar-refractivity contribution in [3.05, 3.63) is 34.3 Å². The van der Waals surface area contributed by atoms with Crippen molar-refractivity contribution in [2.45, 2.75) is 75.4 Å². The average molecular weight is 561 g/mol. The van der Waals surface area contributed by atoms with Crippen molar-refractivity contribution >= 4 is 45.9 Å². The molecule has 1 saturated carbocycles. The maximum absolute atomic E-state index is 5.03. The van der Waals surface area contributed by atoms with Gasteiger partial charge in [-0.3, -0.25) is 4.99 Å². The Labute approximate surface area is 195 Å². The standard InChI is InChI=1S/C22H33BrN4.HI/c1-3-24-21(26-18-13-19-8-5-9-20(14-18)27(19)2)25-15-22(10-11-22)16-6-4-7-17(23)12-16;/h4,6-7,12,18-20H,3,5,8-11,13-15H2,1-2H3,(H2,24,25,26);1H. The summed E-state index contributed by atoms with van der Waals surface area (Å²) in [6.07, 6.45) is 9.07. The molecule has 4 nitrogen and oxygen atoms in total. The molecular weight excluding hydrogens is 527 g/mol. The lowest BCUT2D eigenvalue weighted by Gasteiger charge is -2.47. The van der Waals surface area contributed by atoms with Crippen LogP contribution in [0.5, 0.6) is 0 Å². The molecule has 0 spiro atoms. The first-order chi connectivity index (χ1) is 13.1. The summed E-state index contributed by atoms with van der Waals surface area (Å²) in [5.74, 6) is 1.01. The SMILES string of the molecule is CCNC(=NCC1(c2cccc(Br)c2)CC1)NC1CC2CCCC(C1)N2C.I. The number of guanidine groups is 1. The van der Waals surface area contributed by atoms with E-state index in [9.17, 15) is 0 Å². The van der Waals surface area contributed by atoms with Crippen LogP contribution in [0.25, 0.3) is 0 Å². The molecule has 2 saturated heterocycles. The fourth-order valence-electron chi connectivity index (χ4n) is 4.98. The van der Waals surface area contributed by atoms with E-state index in [1.807, 2.05) is 0 Å². The number of piperidine rings is 2. The number of hydrogen-bond acceptors (Lipinski definition) is 2. The maximum atomic E-state index is 5.03. The Morgan fingerprint density at radius 1 is 1.25 bits per heavy atom. The Morgan fingerprint density at radius 2 is 1.96 bits per heavy atom. The highest BCUT2D eigenvalue weighted by Crippen LogP contribution is 2.48. The van der Waals surface area contributed by atoms with E-state index in [1.54, 1.807) is 0 Å². The molecule has 28 heavy (non-hydrogen) atoms. The van der Waals surface area contributed by atoms with Crippen molar-refractivity contribution in [2.24, 2.45) is 4.99 Å². The van der Waals surface area contributed by atoms with Gasteiger partial charge in [0.05, 0.1) is 6.54 Å². The van der Waals surface area contributed by atoms with Gasteiger partial charge in [0.15, 0.2) is 5.96 Å². The van der Waals surface area contributed by atoms with Crippen LogP contribution >= 0.6 is 39.9 Å². The molecule has 2 heterocycles. The van der Waals surface area contributed by atoms with Crippen LogP contribution < -0.4 is 10.6 Å². The molecule has 0 aromatic heterocycles. The summed E-state index contributed by atoms with van der Waals surface area (Å²) >= 11 is 3.62. The minimum absolute atomic E-state index is 0. The molecule has 4 rings (SSSR count). The van der Waals surface area contributed by atoms with Crippen molar-refractivity contribution < 1.29 is 0 Å². The lowest BCUT2D eigenvalue weighted by Crippen LogP contribution is -2.56. The first-order valence-electron chi connectivity index (χ1n) is 10.6. The first kappa shape index (κ1) is 22.3. The van der Waals surface area contributed by atoms with Crippen LogP contribution in [-0.4, -0.2) is 49.1 Å². The minimum Gasteiger partial charge on any atom is -0.357 e. The Bertz CT molecular complexity index is 677. The third kappa shape index (κ3) is 5.04. The summed E-state index contributed by atoms with van der Waals surface area (Å²) in [6.45, 7) is 3.94. The van der Waals surface area contributed by atoms with Gasteiger partial charge in [-0.15, -0.1) is 24.0 Å². The first-order valence-corrected chi connectivity index (χ1v) is 11.4. The molecule has 1 aromatic rings. The predicted molar refractivity (Wildman–Crippen MR) is 132 cm³/mol. The molecule has 2 aliphatic heterocycles. The van der Waals surface area contributed by atoms with Gasteiger partial charge in [-0.25, -0.2) is 0 Å². The molecule has 6 heteroatoms. The van der Waals surface area contributed by atoms with E-state index in [2.05, 4.69) is 69.7 Å². The van der Waals surface area contributed by atoms with E-state index in [-0.39, 0.29) is 29.4 Å². The van der Waals surface area contributed by atoms with Crippen LogP contribution in [-0.2, 0) is 5.41 Å². The number of hydrogen-bond donors (Lipinski definition) is 2. The van der Waals surface area contributed by atoms with Crippen LogP contribution in [0, 0.1) is 0 Å². The quantitative estimate of drug-likeness (QED) is 0.312. The predicted octanol–water partition coefficient (Wildman–Crippen LogP) is 4.67. The molecule has 3 aliphatic rings. The third-order valence-corrected chi connectivity index (χ3v) is 7.35. The number of nitrogens with zero attached hydrogens (tertiary/aromatic N) is 2. The highest BCUT2D eigenvalue weighted by Gasteiger charge is 2.44. The number of benzene rings is 1. The van der Waals surface area contributed by atoms with Gasteiger partial charge in [0.2, 0.25) is 0 Å². The zero-order chi connectivity index (χ0) is 18.9. The van der Waals surface area contributed by atoms with Crippen LogP contribution in [0.1, 0.15) is 57.4 Å². The molecule has 2 unspecified atom stereocenters. The summed E-state index contributed by atoms with van der Waals surface area (Å²) in [6, 6.07) is 10.8. The summed E-state index contributed by atoms with van der Waals surface area (Å²) in [4.78, 5) is 7.65. The van der Waals surface area contributed by atoms with E-state index in [0.29, 0.717) is 6.04 Å². The maximum Gasteiger partial charge on any atom is 0.191 e. The lowest BCUT2D eigenvalue weighted by molar-refractivity contribution is 0.0526. The summed E-state index contributed by atoms with van der Waals surface area (Å²) in [7, 11) is 2.32. The van der Waals surface area contributed by atoms with E-state index in [0.717, 1.165) is 35.6 Å². The minimum atomic E-state index is 0. The number of fused-ring (bicyclic) bond motifs is 2. The molecule has 2 N–H and O–H groups in total. The lowest BCUT2D eigenvalue weighted by atomic mass is 9.82. The molecule has 2 bridgehead atoms. The van der Waals surface area contributed by atoms with Crippen molar-refractivity contribution in [2.75, 3.05) is 20.1 Å². The topological polar surface area (TPSA) is 39.7 Å². The molecule has 3 fully saturated rings. The van der Waals surface area contributed by atoms with E-state index in [1.165, 1.54) is 50.5 Å². The second-order valence-corrected chi connectivity index (χ2v) is 9.62. The monoisotopic (exact) mass is 560 g/mol. The van der Waals surface area contributed by atoms with Gasteiger partial charge in [0.25, 0.3) is 0 Å². The van der Waals surface area contributed by atoms with Gasteiger partial charge >= 0.3 is 0 Å². The molecule has 156 valence electrons. The van der Waals surface area contributed by atoms with E-state index < -0.39 is 0 Å². The van der Waals surface area contributed by atoms with Crippen molar-refractivity contribution in [1.82, 2.24) is 15.5 Å². The number of aliphatic imine (C=N–C) groups is 1. The fourth-order valence-corrected chi connectivity index (χ4v) is 5.38. The number of rotatable bonds is 5. The van der Waals surface area contributed by atoms with Gasteiger partial charge in [-0.1, -0.05) is 34.5 Å². The van der Waals surface area contributed by atoms with Crippen molar-refractivity contribution in [3.63, 3.8) is 0 Å². The Kier molecular flexibility index (Phi) is 7.70. The Balaban J connectivity index is 0.00000225.